The van der Waals surface area contributed by atoms with E-state index in [2.05, 4.69) is 32.2 Å². The van der Waals surface area contributed by atoms with E-state index in [0.717, 1.165) is 42.1 Å². The number of rotatable bonds is 9. The third-order valence-corrected chi connectivity index (χ3v) is 6.58. The third-order valence-electron chi connectivity index (χ3n) is 6.58. The fourth-order valence-electron chi connectivity index (χ4n) is 4.50. The second kappa shape index (κ2) is 11.6. The Morgan fingerprint density at radius 3 is 2.58 bits per heavy atom. The predicted molar refractivity (Wildman–Crippen MR) is 139 cm³/mol. The molecular formula is C28H31N5O5. The van der Waals surface area contributed by atoms with E-state index in [9.17, 15) is 4.79 Å². The average molecular weight is 518 g/mol. The van der Waals surface area contributed by atoms with Gasteiger partial charge in [-0.3, -0.25) is 9.69 Å². The molecule has 198 valence electrons. The van der Waals surface area contributed by atoms with Gasteiger partial charge in [-0.25, -0.2) is 4.98 Å². The SMILES string of the molecule is COCc1nc(-c2cccc(CN3CCN(C(=O)Cc4nc(-c5cccc(OC)c5)oc4C)CC3)c2)no1. The molecule has 0 radical (unpaired) electrons. The van der Waals surface area contributed by atoms with Crippen LogP contribution in [0.15, 0.2) is 57.5 Å². The Kier molecular flexibility index (Phi) is 7.81. The summed E-state index contributed by atoms with van der Waals surface area (Å²) in [5, 5.41) is 4.05. The molecule has 2 aromatic heterocycles. The van der Waals surface area contributed by atoms with Crippen LogP contribution in [-0.4, -0.2) is 71.2 Å². The van der Waals surface area contributed by atoms with E-state index in [1.54, 1.807) is 14.2 Å². The summed E-state index contributed by atoms with van der Waals surface area (Å²) in [6.07, 6.45) is 0.219. The van der Waals surface area contributed by atoms with Crippen molar-refractivity contribution >= 4 is 5.91 Å². The van der Waals surface area contributed by atoms with E-state index in [0.29, 0.717) is 42.1 Å². The van der Waals surface area contributed by atoms with E-state index in [4.69, 9.17) is 18.4 Å². The second-order valence-corrected chi connectivity index (χ2v) is 9.23. The summed E-state index contributed by atoms with van der Waals surface area (Å²) in [4.78, 5) is 26.3. The van der Waals surface area contributed by atoms with Crippen LogP contribution in [0.3, 0.4) is 0 Å². The number of oxazole rings is 1. The highest BCUT2D eigenvalue weighted by Crippen LogP contribution is 2.26. The van der Waals surface area contributed by atoms with Gasteiger partial charge in [0.05, 0.1) is 19.2 Å². The van der Waals surface area contributed by atoms with Crippen LogP contribution in [0, 0.1) is 6.92 Å². The zero-order valence-electron chi connectivity index (χ0n) is 21.8. The summed E-state index contributed by atoms with van der Waals surface area (Å²) >= 11 is 0. The number of carbonyl (C=O) groups is 1. The first kappa shape index (κ1) is 25.6. The maximum atomic E-state index is 13.1. The lowest BCUT2D eigenvalue weighted by Gasteiger charge is -2.34. The molecule has 5 rings (SSSR count). The van der Waals surface area contributed by atoms with Gasteiger partial charge < -0.3 is 23.3 Å². The van der Waals surface area contributed by atoms with E-state index in [1.165, 1.54) is 0 Å². The number of amides is 1. The van der Waals surface area contributed by atoms with Crippen molar-refractivity contribution in [3.05, 3.63) is 71.4 Å². The minimum absolute atomic E-state index is 0.0595. The number of methoxy groups -OCH3 is 2. The normalized spacial score (nSPS) is 14.1. The molecule has 10 nitrogen and oxygen atoms in total. The van der Waals surface area contributed by atoms with Gasteiger partial charge in [-0.15, -0.1) is 0 Å². The van der Waals surface area contributed by atoms with Gasteiger partial charge in [0.15, 0.2) is 0 Å². The molecule has 1 aliphatic rings. The van der Waals surface area contributed by atoms with Crippen molar-refractivity contribution in [2.45, 2.75) is 26.5 Å². The van der Waals surface area contributed by atoms with Gasteiger partial charge in [-0.05, 0) is 36.8 Å². The zero-order valence-corrected chi connectivity index (χ0v) is 21.8. The van der Waals surface area contributed by atoms with Crippen LogP contribution < -0.4 is 4.74 Å². The molecule has 1 aliphatic heterocycles. The molecule has 0 aliphatic carbocycles. The highest BCUT2D eigenvalue weighted by atomic mass is 16.5. The molecule has 0 atom stereocenters. The molecule has 0 bridgehead atoms. The number of nitrogens with zero attached hydrogens (tertiary/aromatic N) is 5. The van der Waals surface area contributed by atoms with Gasteiger partial charge >= 0.3 is 0 Å². The molecule has 1 saturated heterocycles. The lowest BCUT2D eigenvalue weighted by Crippen LogP contribution is -2.48. The first-order valence-corrected chi connectivity index (χ1v) is 12.5. The molecule has 4 aromatic rings. The van der Waals surface area contributed by atoms with Crippen molar-refractivity contribution in [3.8, 4) is 28.6 Å². The highest BCUT2D eigenvalue weighted by Gasteiger charge is 2.24. The number of hydrogen-bond donors (Lipinski definition) is 0. The van der Waals surface area contributed by atoms with E-state index >= 15 is 0 Å². The highest BCUT2D eigenvalue weighted by molar-refractivity contribution is 5.79. The van der Waals surface area contributed by atoms with Crippen LogP contribution in [0.25, 0.3) is 22.8 Å². The molecule has 1 fully saturated rings. The minimum Gasteiger partial charge on any atom is -0.497 e. The number of aromatic nitrogens is 3. The number of ether oxygens (including phenoxy) is 2. The second-order valence-electron chi connectivity index (χ2n) is 9.23. The molecule has 38 heavy (non-hydrogen) atoms. The fourth-order valence-corrected chi connectivity index (χ4v) is 4.50. The smallest absolute Gasteiger partial charge is 0.252 e. The molecule has 0 unspecified atom stereocenters. The fraction of sp³-hybridized carbons (Fsp3) is 0.357. The van der Waals surface area contributed by atoms with Gasteiger partial charge in [-0.1, -0.05) is 29.4 Å². The Hall–Kier alpha value is -4.02. The molecular weight excluding hydrogens is 486 g/mol. The van der Waals surface area contributed by atoms with E-state index in [1.807, 2.05) is 48.2 Å². The summed E-state index contributed by atoms with van der Waals surface area (Å²) in [5.41, 5.74) is 3.54. The van der Waals surface area contributed by atoms with Gasteiger partial charge in [0.1, 0.15) is 18.1 Å². The molecule has 3 heterocycles. The Bertz CT molecular complexity index is 1390. The Morgan fingerprint density at radius 1 is 1.00 bits per heavy atom. The number of carbonyl (C=O) groups excluding carboxylic acids is 1. The summed E-state index contributed by atoms with van der Waals surface area (Å²) in [6, 6.07) is 15.7. The quantitative estimate of drug-likeness (QED) is 0.328. The summed E-state index contributed by atoms with van der Waals surface area (Å²) in [6.45, 7) is 5.84. The van der Waals surface area contributed by atoms with Crippen LogP contribution in [0.2, 0.25) is 0 Å². The minimum atomic E-state index is 0.0595. The zero-order chi connectivity index (χ0) is 26.5. The lowest BCUT2D eigenvalue weighted by molar-refractivity contribution is -0.132. The monoisotopic (exact) mass is 517 g/mol. The van der Waals surface area contributed by atoms with Gasteiger partial charge in [-0.2, -0.15) is 4.98 Å². The van der Waals surface area contributed by atoms with Crippen molar-refractivity contribution in [1.29, 1.82) is 0 Å². The Morgan fingerprint density at radius 2 is 1.79 bits per heavy atom. The topological polar surface area (TPSA) is 107 Å². The number of aryl methyl sites for hydroxylation is 1. The van der Waals surface area contributed by atoms with E-state index in [-0.39, 0.29) is 18.9 Å². The Labute approximate surface area is 221 Å². The molecule has 10 heteroatoms. The largest absolute Gasteiger partial charge is 0.497 e. The van der Waals surface area contributed by atoms with Crippen LogP contribution in [-0.2, 0) is 29.1 Å². The van der Waals surface area contributed by atoms with Crippen LogP contribution in [0.5, 0.6) is 5.75 Å². The van der Waals surface area contributed by atoms with Gasteiger partial charge in [0, 0.05) is 51.0 Å². The van der Waals surface area contributed by atoms with Crippen LogP contribution >= 0.6 is 0 Å². The number of benzene rings is 2. The average Bonchev–Trinajstić information content (AvgIpc) is 3.56. The van der Waals surface area contributed by atoms with Crippen molar-refractivity contribution in [2.75, 3.05) is 40.4 Å². The van der Waals surface area contributed by atoms with Crippen LogP contribution in [0.1, 0.15) is 22.9 Å². The van der Waals surface area contributed by atoms with Crippen molar-refractivity contribution in [1.82, 2.24) is 24.9 Å². The summed E-state index contributed by atoms with van der Waals surface area (Å²) in [7, 11) is 3.21. The Balaban J connectivity index is 1.15. The lowest BCUT2D eigenvalue weighted by atomic mass is 10.1. The third kappa shape index (κ3) is 5.92. The van der Waals surface area contributed by atoms with Crippen molar-refractivity contribution in [3.63, 3.8) is 0 Å². The first-order valence-electron chi connectivity index (χ1n) is 12.5. The van der Waals surface area contributed by atoms with Crippen molar-refractivity contribution in [2.24, 2.45) is 0 Å². The van der Waals surface area contributed by atoms with E-state index < -0.39 is 0 Å². The number of piperazine rings is 1. The van der Waals surface area contributed by atoms with Crippen LogP contribution in [0.4, 0.5) is 0 Å². The molecule has 0 saturated carbocycles. The maximum absolute atomic E-state index is 13.1. The first-order chi connectivity index (χ1) is 18.5. The molecule has 0 spiro atoms. The van der Waals surface area contributed by atoms with Crippen molar-refractivity contribution < 1.29 is 23.2 Å². The van der Waals surface area contributed by atoms with Gasteiger partial charge in [0.25, 0.3) is 5.89 Å². The molecule has 2 aromatic carbocycles. The standard InChI is InChI=1S/C28H31N5O5/c1-19-24(29-28(37-19)22-8-5-9-23(15-22)36-3)16-26(34)33-12-10-32(11-13-33)17-20-6-4-7-21(14-20)27-30-25(18-35-2)38-31-27/h4-9,14-15H,10-13,16-18H2,1-3H3. The molecule has 1 amide bonds. The number of hydrogen-bond acceptors (Lipinski definition) is 9. The maximum Gasteiger partial charge on any atom is 0.252 e. The molecule has 0 N–H and O–H groups in total. The predicted octanol–water partition coefficient (Wildman–Crippen LogP) is 3.74. The summed E-state index contributed by atoms with van der Waals surface area (Å²) < 4.78 is 21.4. The van der Waals surface area contributed by atoms with Gasteiger partial charge in [0.2, 0.25) is 17.6 Å². The summed E-state index contributed by atoms with van der Waals surface area (Å²) in [5.74, 6) is 2.94.